The van der Waals surface area contributed by atoms with E-state index in [4.69, 9.17) is 37.0 Å². The molecule has 12 atom stereocenters. The molecule has 2 aliphatic rings. The van der Waals surface area contributed by atoms with Crippen molar-refractivity contribution in [3.8, 4) is 11.5 Å². The van der Waals surface area contributed by atoms with Gasteiger partial charge in [0.2, 0.25) is 0 Å². The molecule has 4 heterocycles. The van der Waals surface area contributed by atoms with Crippen molar-refractivity contribution in [2.45, 2.75) is 127 Å². The number of aromatic amines is 2. The Hall–Kier alpha value is -5.74. The van der Waals surface area contributed by atoms with E-state index in [1.165, 1.54) is 38.1 Å². The average molecular weight is 1090 g/mol. The number of nitrogens with one attached hydrogen (secondary N) is 4. The topological polar surface area (TPSA) is 357 Å². The Balaban J connectivity index is 0.000000274. The van der Waals surface area contributed by atoms with E-state index in [0.717, 1.165) is 38.4 Å². The lowest BCUT2D eigenvalue weighted by molar-refractivity contribution is -0.204. The summed E-state index contributed by atoms with van der Waals surface area (Å²) >= 11 is 0. The highest BCUT2D eigenvalue weighted by Gasteiger charge is 2.65. The predicted octanol–water partition coefficient (Wildman–Crippen LogP) is 1.95. The first kappa shape index (κ1) is 59.1. The third-order valence-corrected chi connectivity index (χ3v) is 13.9. The van der Waals surface area contributed by atoms with Gasteiger partial charge in [-0.25, -0.2) is 27.5 Å². The summed E-state index contributed by atoms with van der Waals surface area (Å²) in [5, 5.41) is 47.4. The molecule has 8 N–H and O–H groups in total. The second-order valence-electron chi connectivity index (χ2n) is 17.8. The summed E-state index contributed by atoms with van der Waals surface area (Å²) in [5.74, 6) is -7.89. The number of nitrogens with zero attached hydrogens (tertiary/aromatic N) is 2. The second kappa shape index (κ2) is 23.4. The van der Waals surface area contributed by atoms with Crippen LogP contribution in [-0.2, 0) is 46.7 Å². The van der Waals surface area contributed by atoms with Gasteiger partial charge in [-0.1, -0.05) is 36.4 Å². The van der Waals surface area contributed by atoms with Crippen LogP contribution >= 0.6 is 15.5 Å². The van der Waals surface area contributed by atoms with Crippen molar-refractivity contribution in [1.29, 1.82) is 0 Å². The summed E-state index contributed by atoms with van der Waals surface area (Å²) in [6.07, 6.45) is -7.27. The van der Waals surface area contributed by atoms with E-state index in [2.05, 4.69) is 10.2 Å². The lowest BCUT2D eigenvalue weighted by Crippen LogP contribution is -2.50. The first-order valence-corrected chi connectivity index (χ1v) is 25.5. The van der Waals surface area contributed by atoms with Gasteiger partial charge in [-0.15, -0.1) is 0 Å². The molecular weight excluding hydrogens is 1030 g/mol. The molecule has 0 radical (unpaired) electrons. The zero-order valence-electron chi connectivity index (χ0n) is 41.0. The quantitative estimate of drug-likeness (QED) is 0.0463. The molecule has 2 aromatic carbocycles. The van der Waals surface area contributed by atoms with Crippen LogP contribution in [0.3, 0.4) is 0 Å². The van der Waals surface area contributed by atoms with Crippen molar-refractivity contribution in [2.75, 3.05) is 13.2 Å². The summed E-state index contributed by atoms with van der Waals surface area (Å²) < 4.78 is 102. The predicted molar refractivity (Wildman–Crippen MR) is 253 cm³/mol. The third-order valence-electron chi connectivity index (χ3n) is 10.7. The zero-order chi connectivity index (χ0) is 55.2. The van der Waals surface area contributed by atoms with E-state index in [9.17, 15) is 58.3 Å². The van der Waals surface area contributed by atoms with Crippen molar-refractivity contribution in [3.05, 3.63) is 127 Å². The Kier molecular flexibility index (Phi) is 18.7. The number of esters is 2. The minimum absolute atomic E-state index is 0.0493. The molecule has 2 unspecified atom stereocenters. The lowest BCUT2D eigenvalue weighted by atomic mass is 9.95. The molecule has 2 aliphatic heterocycles. The number of aliphatic hydroxyl groups is 4. The fourth-order valence-corrected chi connectivity index (χ4v) is 10.0. The van der Waals surface area contributed by atoms with Crippen LogP contribution in [0.25, 0.3) is 0 Å². The molecule has 408 valence electrons. The monoisotopic (exact) mass is 1090 g/mol. The number of para-hydroxylation sites is 2. The number of aromatic nitrogens is 4. The van der Waals surface area contributed by atoms with Crippen molar-refractivity contribution >= 4 is 27.4 Å². The maximum Gasteiger partial charge on any atom is 0.459 e. The van der Waals surface area contributed by atoms with E-state index in [0.29, 0.717) is 9.13 Å². The Morgan fingerprint density at radius 1 is 0.635 bits per heavy atom. The Morgan fingerprint density at radius 3 is 1.26 bits per heavy atom. The molecule has 2 aromatic heterocycles. The summed E-state index contributed by atoms with van der Waals surface area (Å²) in [6, 6.07) is 14.8. The van der Waals surface area contributed by atoms with Crippen LogP contribution in [0.2, 0.25) is 0 Å². The van der Waals surface area contributed by atoms with Gasteiger partial charge in [-0.05, 0) is 79.7 Å². The first-order valence-electron chi connectivity index (χ1n) is 22.5. The maximum absolute atomic E-state index is 15.8. The number of H-pyrrole nitrogens is 2. The van der Waals surface area contributed by atoms with Gasteiger partial charge in [-0.2, -0.15) is 10.2 Å². The number of carbonyl (C=O) groups excluding carboxylic acids is 2. The summed E-state index contributed by atoms with van der Waals surface area (Å²) in [4.78, 5) is 75.5. The molecular formula is C44H58F2N6O20P2. The molecule has 0 bridgehead atoms. The van der Waals surface area contributed by atoms with Gasteiger partial charge in [-0.3, -0.25) is 47.3 Å². The number of benzene rings is 2. The number of hydrogen-bond donors (Lipinski definition) is 8. The summed E-state index contributed by atoms with van der Waals surface area (Å²) in [7, 11) is -9.09. The van der Waals surface area contributed by atoms with Gasteiger partial charge in [0.05, 0.1) is 12.2 Å². The maximum atomic E-state index is 15.8. The van der Waals surface area contributed by atoms with Gasteiger partial charge < -0.3 is 48.4 Å². The number of halogens is 2. The molecule has 0 aliphatic carbocycles. The van der Waals surface area contributed by atoms with E-state index < -0.39 is 135 Å². The molecule has 74 heavy (non-hydrogen) atoms. The number of aliphatic hydroxyl groups excluding tert-OH is 2. The number of carbonyl (C=O) groups is 2. The van der Waals surface area contributed by atoms with E-state index >= 15 is 8.78 Å². The van der Waals surface area contributed by atoms with E-state index in [-0.39, 0.29) is 11.5 Å². The van der Waals surface area contributed by atoms with Crippen LogP contribution in [0.15, 0.2) is 104 Å². The van der Waals surface area contributed by atoms with Crippen molar-refractivity contribution in [1.82, 2.24) is 29.3 Å². The van der Waals surface area contributed by atoms with Crippen LogP contribution in [0, 0.1) is 0 Å². The highest BCUT2D eigenvalue weighted by Crippen LogP contribution is 2.52. The highest BCUT2D eigenvalue weighted by atomic mass is 31.2. The number of ether oxygens (including phenoxy) is 4. The van der Waals surface area contributed by atoms with Crippen LogP contribution in [-0.4, -0.2) is 124 Å². The minimum atomic E-state index is -4.55. The normalized spacial score (nSPS) is 28.0. The number of rotatable bonds is 20. The Morgan fingerprint density at radius 2 is 0.959 bits per heavy atom. The van der Waals surface area contributed by atoms with Crippen molar-refractivity contribution in [2.24, 2.45) is 0 Å². The lowest BCUT2D eigenvalue weighted by Gasteiger charge is -2.29. The smallest absolute Gasteiger partial charge is 0.459 e. The van der Waals surface area contributed by atoms with Crippen molar-refractivity contribution < 1.29 is 85.0 Å². The first-order chi connectivity index (χ1) is 34.3. The molecule has 0 spiro atoms. The number of hydrogen-bond acceptors (Lipinski definition) is 20. The fourth-order valence-electron chi connectivity index (χ4n) is 7.02. The molecule has 26 nitrogen and oxygen atoms in total. The van der Waals surface area contributed by atoms with Gasteiger partial charge in [0, 0.05) is 24.5 Å². The minimum Gasteiger partial charge on any atom is -0.462 e. The van der Waals surface area contributed by atoms with E-state index in [1.54, 1.807) is 64.1 Å². The van der Waals surface area contributed by atoms with Crippen LogP contribution in [0.5, 0.6) is 11.5 Å². The Bertz CT molecular complexity index is 2730. The molecule has 2 saturated heterocycles. The van der Waals surface area contributed by atoms with Crippen LogP contribution in [0.4, 0.5) is 8.78 Å². The standard InChI is InChI=1S/2C22H29FN3O10P/c2*1-13(2)34-17(28)14(3)25-37(32,36-15-8-6-5-7-9-15)33-12-22(23)18(29)21(4,31)19(35-22)26-11-10-16(27)24-20(26)30/h2*5-11,13-14,18-19,29,31H,12H2,1-4H3,(H,25,32)(H,24,27,30)/t14?,18-,19+,21+,22+,37+;14?,18-,19+,21+,22+,37-/m00/s1. The van der Waals surface area contributed by atoms with Gasteiger partial charge in [0.25, 0.3) is 22.8 Å². The van der Waals surface area contributed by atoms with E-state index in [1.807, 2.05) is 9.97 Å². The molecule has 2 fully saturated rings. The SMILES string of the molecule is CC(C)OC(=O)C(C)N[P@@](=O)(OC[C@@]1(F)O[C@@H](n2ccc(=O)[nH]c2=O)[C@](C)(O)[C@@H]1O)Oc1ccccc1.CC(C)OC(=O)C(C)N[P@](=O)(OC[C@@]1(F)O[C@@H](n2ccc(=O)[nH]c2=O)[C@](C)(O)[C@@H]1O)Oc1ccccc1. The van der Waals surface area contributed by atoms with Gasteiger partial charge in [0.1, 0.15) is 60.2 Å². The van der Waals surface area contributed by atoms with Crippen LogP contribution in [0.1, 0.15) is 67.8 Å². The molecule has 30 heteroatoms. The second-order valence-corrected chi connectivity index (χ2v) is 21.2. The fraction of sp³-hybridized carbons (Fsp3) is 0.500. The molecule has 0 amide bonds. The molecule has 6 rings (SSSR count). The summed E-state index contributed by atoms with van der Waals surface area (Å²) in [6.45, 7) is 8.59. The average Bonchev–Trinajstić information content (AvgIpc) is 3.60. The Labute approximate surface area is 419 Å². The highest BCUT2D eigenvalue weighted by molar-refractivity contribution is 7.52. The van der Waals surface area contributed by atoms with Gasteiger partial charge in [0.15, 0.2) is 12.5 Å². The summed E-state index contributed by atoms with van der Waals surface area (Å²) in [5.41, 5.74) is -8.35. The van der Waals surface area contributed by atoms with Crippen LogP contribution < -0.4 is 41.7 Å². The van der Waals surface area contributed by atoms with Crippen molar-refractivity contribution in [3.63, 3.8) is 0 Å². The third kappa shape index (κ3) is 14.3. The van der Waals surface area contributed by atoms with Gasteiger partial charge >= 0.3 is 38.8 Å². The largest absolute Gasteiger partial charge is 0.462 e. The number of alkyl halides is 2. The zero-order valence-corrected chi connectivity index (χ0v) is 42.8. The molecule has 4 aromatic rings. The molecule has 0 saturated carbocycles.